The number of hydrogen-bond donors (Lipinski definition) is 3. The van der Waals surface area contributed by atoms with Crippen molar-refractivity contribution in [3.63, 3.8) is 0 Å². The maximum absolute atomic E-state index is 14.2. The van der Waals surface area contributed by atoms with Gasteiger partial charge in [-0.3, -0.25) is 9.52 Å². The topological polar surface area (TPSA) is 108 Å². The summed E-state index contributed by atoms with van der Waals surface area (Å²) in [4.78, 5) is 27.0. The summed E-state index contributed by atoms with van der Waals surface area (Å²) in [5, 5.41) is 5.74. The van der Waals surface area contributed by atoms with Crippen molar-refractivity contribution < 1.29 is 26.8 Å². The summed E-state index contributed by atoms with van der Waals surface area (Å²) < 4.78 is 54.4. The minimum absolute atomic E-state index is 0.0342. The third kappa shape index (κ3) is 6.59. The van der Waals surface area contributed by atoms with Crippen molar-refractivity contribution in [1.82, 2.24) is 5.32 Å². The molecule has 0 unspecified atom stereocenters. The molecule has 8 nitrogen and oxygen atoms in total. The molecule has 3 aromatic carbocycles. The minimum Gasteiger partial charge on any atom is -0.326 e. The van der Waals surface area contributed by atoms with Crippen molar-refractivity contribution >= 4 is 50.6 Å². The van der Waals surface area contributed by atoms with Crippen molar-refractivity contribution in [3.05, 3.63) is 77.3 Å². The van der Waals surface area contributed by atoms with Crippen LogP contribution in [0.25, 0.3) is 11.1 Å². The normalized spacial score (nSPS) is 15.9. The van der Waals surface area contributed by atoms with Crippen LogP contribution in [0.1, 0.15) is 24.8 Å². The van der Waals surface area contributed by atoms with Crippen molar-refractivity contribution in [1.29, 1.82) is 0 Å². The second-order valence-electron chi connectivity index (χ2n) is 8.78. The lowest BCUT2D eigenvalue weighted by atomic mass is 9.98. The molecule has 38 heavy (non-hydrogen) atoms. The third-order valence-electron chi connectivity index (χ3n) is 5.93. The van der Waals surface area contributed by atoms with Gasteiger partial charge in [0.15, 0.2) is 0 Å². The maximum atomic E-state index is 14.2. The summed E-state index contributed by atoms with van der Waals surface area (Å²) in [7, 11) is -3.60. The maximum Gasteiger partial charge on any atom is 0.319 e. The Labute approximate surface area is 224 Å². The van der Waals surface area contributed by atoms with Crippen LogP contribution in [0.5, 0.6) is 0 Å². The summed E-state index contributed by atoms with van der Waals surface area (Å²) in [5.41, 5.74) is 1.15. The highest BCUT2D eigenvalue weighted by molar-refractivity contribution is 7.92. The fourth-order valence-corrected chi connectivity index (χ4v) is 4.98. The van der Waals surface area contributed by atoms with Gasteiger partial charge >= 0.3 is 6.03 Å². The average molecular weight is 563 g/mol. The molecule has 200 valence electrons. The Bertz CT molecular complexity index is 1450. The van der Waals surface area contributed by atoms with Crippen LogP contribution >= 0.6 is 11.6 Å². The first-order chi connectivity index (χ1) is 18.0. The molecule has 1 atom stereocenters. The number of amides is 3. The number of carbonyl (C=O) groups is 2. The predicted octanol–water partition coefficient (Wildman–Crippen LogP) is 5.63. The number of halogens is 3. The van der Waals surface area contributed by atoms with Crippen LogP contribution in [0.4, 0.5) is 30.6 Å². The number of hydrogen-bond acceptors (Lipinski definition) is 4. The number of urea groups is 1. The number of nitrogens with zero attached hydrogens (tertiary/aromatic N) is 1. The van der Waals surface area contributed by atoms with Gasteiger partial charge in [-0.15, -0.1) is 0 Å². The number of carbonyl (C=O) groups excluding carboxylic acids is 2. The van der Waals surface area contributed by atoms with Crippen LogP contribution in [0.3, 0.4) is 0 Å². The molecule has 1 fully saturated rings. The molecule has 0 radical (unpaired) electrons. The number of alkyl halides is 2. The van der Waals surface area contributed by atoms with Crippen molar-refractivity contribution in [2.45, 2.75) is 25.3 Å². The highest BCUT2D eigenvalue weighted by Gasteiger charge is 2.33. The third-order valence-corrected chi connectivity index (χ3v) is 6.78. The van der Waals surface area contributed by atoms with E-state index in [1.54, 1.807) is 48.5 Å². The van der Waals surface area contributed by atoms with Gasteiger partial charge in [-0.05, 0) is 60.9 Å². The molecule has 1 aliphatic rings. The molecule has 3 amide bonds. The van der Waals surface area contributed by atoms with E-state index >= 15 is 0 Å². The first kappa shape index (κ1) is 27.3. The van der Waals surface area contributed by atoms with Crippen LogP contribution in [-0.4, -0.2) is 39.2 Å². The Kier molecular flexibility index (Phi) is 8.17. The Hall–Kier alpha value is -3.70. The van der Waals surface area contributed by atoms with E-state index < -0.39 is 34.4 Å². The van der Waals surface area contributed by atoms with E-state index in [1.165, 1.54) is 23.1 Å². The van der Waals surface area contributed by atoms with Crippen LogP contribution in [0, 0.1) is 0 Å². The first-order valence-electron chi connectivity index (χ1n) is 11.7. The Balaban J connectivity index is 1.57. The van der Waals surface area contributed by atoms with Gasteiger partial charge in [-0.25, -0.2) is 22.0 Å². The zero-order chi connectivity index (χ0) is 27.4. The lowest BCUT2D eigenvalue weighted by molar-refractivity contribution is -0.121. The highest BCUT2D eigenvalue weighted by Crippen LogP contribution is 2.37. The molecule has 0 saturated carbocycles. The van der Waals surface area contributed by atoms with Gasteiger partial charge < -0.3 is 15.5 Å². The van der Waals surface area contributed by atoms with E-state index in [0.717, 1.165) is 6.26 Å². The molecular weight excluding hydrogens is 538 g/mol. The summed E-state index contributed by atoms with van der Waals surface area (Å²) >= 11 is 5.85. The van der Waals surface area contributed by atoms with Crippen molar-refractivity contribution in [3.8, 4) is 11.1 Å². The molecule has 0 spiro atoms. The number of benzene rings is 3. The van der Waals surface area contributed by atoms with E-state index in [1.807, 2.05) is 0 Å². The molecule has 3 N–H and O–H groups in total. The second-order valence-corrected chi connectivity index (χ2v) is 11.0. The number of piperidine rings is 1. The smallest absolute Gasteiger partial charge is 0.319 e. The molecule has 1 saturated heterocycles. The Morgan fingerprint density at radius 1 is 1.08 bits per heavy atom. The number of para-hydroxylation sites is 1. The molecule has 3 aromatic rings. The minimum atomic E-state index is -3.60. The second kappa shape index (κ2) is 11.4. The van der Waals surface area contributed by atoms with E-state index in [-0.39, 0.29) is 23.5 Å². The SMILES string of the molecule is CS(=O)(=O)Nc1ccccc1-c1ccc(N2CCC[C@@H](NC(=O)Nc3ccc(Cl)cc3)C2=O)c(C(F)F)c1. The molecule has 0 aromatic heterocycles. The highest BCUT2D eigenvalue weighted by atomic mass is 35.5. The number of nitrogens with one attached hydrogen (secondary N) is 3. The van der Waals surface area contributed by atoms with Gasteiger partial charge in [0.1, 0.15) is 6.04 Å². The molecule has 4 rings (SSSR count). The fraction of sp³-hybridized carbons (Fsp3) is 0.231. The molecule has 0 bridgehead atoms. The predicted molar refractivity (Wildman–Crippen MR) is 144 cm³/mol. The number of sulfonamides is 1. The summed E-state index contributed by atoms with van der Waals surface area (Å²) in [6.45, 7) is 0.209. The summed E-state index contributed by atoms with van der Waals surface area (Å²) in [6.07, 6.45) is -1.06. The molecule has 1 aliphatic heterocycles. The molecular formula is C26H25ClF2N4O4S. The number of anilines is 3. The van der Waals surface area contributed by atoms with Gasteiger partial charge in [0, 0.05) is 28.4 Å². The van der Waals surface area contributed by atoms with Gasteiger partial charge in [0.2, 0.25) is 15.9 Å². The van der Waals surface area contributed by atoms with Crippen molar-refractivity contribution in [2.75, 3.05) is 27.7 Å². The quantitative estimate of drug-likeness (QED) is 0.347. The van der Waals surface area contributed by atoms with Crippen LogP contribution in [-0.2, 0) is 14.8 Å². The summed E-state index contributed by atoms with van der Waals surface area (Å²) in [5.74, 6) is -0.503. The standard InChI is InChI=1S/C26H25ClF2N4O4S/c1-38(36,37)32-21-6-3-2-5-19(21)16-8-13-23(20(15-16)24(28)29)33-14-4-7-22(25(33)34)31-26(35)30-18-11-9-17(27)10-12-18/h2-3,5-6,8-13,15,22,24,32H,4,7,14H2,1H3,(H2,30,31,35)/t22-/m1/s1. The summed E-state index contributed by atoms with van der Waals surface area (Å²) in [6, 6.07) is 15.6. The first-order valence-corrected chi connectivity index (χ1v) is 13.9. The monoisotopic (exact) mass is 562 g/mol. The van der Waals surface area contributed by atoms with E-state index in [0.29, 0.717) is 34.7 Å². The number of rotatable bonds is 7. The Morgan fingerprint density at radius 2 is 1.79 bits per heavy atom. The zero-order valence-electron chi connectivity index (χ0n) is 20.2. The Morgan fingerprint density at radius 3 is 2.47 bits per heavy atom. The average Bonchev–Trinajstić information content (AvgIpc) is 2.86. The zero-order valence-corrected chi connectivity index (χ0v) is 21.8. The molecule has 12 heteroatoms. The van der Waals surface area contributed by atoms with Gasteiger partial charge in [0.25, 0.3) is 6.43 Å². The lowest BCUT2D eigenvalue weighted by Gasteiger charge is -2.34. The van der Waals surface area contributed by atoms with Crippen LogP contribution in [0.2, 0.25) is 5.02 Å². The van der Waals surface area contributed by atoms with Crippen molar-refractivity contribution in [2.24, 2.45) is 0 Å². The van der Waals surface area contributed by atoms with Crippen LogP contribution in [0.15, 0.2) is 66.7 Å². The largest absolute Gasteiger partial charge is 0.326 e. The lowest BCUT2D eigenvalue weighted by Crippen LogP contribution is -2.53. The van der Waals surface area contributed by atoms with E-state index in [9.17, 15) is 26.8 Å². The van der Waals surface area contributed by atoms with E-state index in [2.05, 4.69) is 15.4 Å². The molecule has 0 aliphatic carbocycles. The van der Waals surface area contributed by atoms with Gasteiger partial charge in [0.05, 0.1) is 17.6 Å². The fourth-order valence-electron chi connectivity index (χ4n) is 4.27. The molecule has 1 heterocycles. The van der Waals surface area contributed by atoms with Crippen LogP contribution < -0.4 is 20.3 Å². The van der Waals surface area contributed by atoms with E-state index in [4.69, 9.17) is 11.6 Å². The van der Waals surface area contributed by atoms with Gasteiger partial charge in [-0.2, -0.15) is 0 Å². The van der Waals surface area contributed by atoms with Gasteiger partial charge in [-0.1, -0.05) is 35.9 Å².